The molecule has 1 aromatic rings. The predicted octanol–water partition coefficient (Wildman–Crippen LogP) is 0.274. The molecule has 0 radical (unpaired) electrons. The van der Waals surface area contributed by atoms with Crippen LogP contribution < -0.4 is 9.68 Å². The second-order valence-corrected chi connectivity index (χ2v) is 3.70. The van der Waals surface area contributed by atoms with Gasteiger partial charge < -0.3 is 14.9 Å². The van der Waals surface area contributed by atoms with Crippen molar-refractivity contribution in [3.05, 3.63) is 11.4 Å². The Morgan fingerprint density at radius 2 is 2.00 bits per heavy atom. The van der Waals surface area contributed by atoms with Crippen LogP contribution in [0.4, 0.5) is 5.69 Å². The molecule has 0 saturated carbocycles. The van der Waals surface area contributed by atoms with Crippen LogP contribution in [0.5, 0.6) is 0 Å². The molecule has 0 fully saturated rings. The van der Waals surface area contributed by atoms with Gasteiger partial charge in [0.2, 0.25) is 0 Å². The predicted molar refractivity (Wildman–Crippen MR) is 57.7 cm³/mol. The van der Waals surface area contributed by atoms with Gasteiger partial charge in [0.15, 0.2) is 0 Å². The van der Waals surface area contributed by atoms with Gasteiger partial charge in [0.25, 0.3) is 0 Å². The summed E-state index contributed by atoms with van der Waals surface area (Å²) in [6.45, 7) is 6.04. The van der Waals surface area contributed by atoms with Crippen molar-refractivity contribution in [1.82, 2.24) is 0 Å². The summed E-state index contributed by atoms with van der Waals surface area (Å²) >= 11 is 1.38. The minimum Gasteiger partial charge on any atom is -0.423 e. The molecule has 0 aliphatic rings. The molecule has 0 spiro atoms. The van der Waals surface area contributed by atoms with Crippen LogP contribution in [-0.2, 0) is 0 Å². The van der Waals surface area contributed by atoms with E-state index in [0.717, 1.165) is 18.8 Å². The lowest BCUT2D eigenvalue weighted by molar-refractivity contribution is 0.427. The molecule has 0 amide bonds. The second kappa shape index (κ2) is 4.65. The topological polar surface area (TPSA) is 43.7 Å². The number of nitrogens with zero attached hydrogens (tertiary/aromatic N) is 1. The van der Waals surface area contributed by atoms with Crippen molar-refractivity contribution >= 4 is 28.9 Å². The molecule has 0 saturated heterocycles. The van der Waals surface area contributed by atoms with E-state index in [0.29, 0.717) is 4.78 Å². The fraction of sp³-hybridized carbons (Fsp3) is 0.500. The van der Waals surface area contributed by atoms with E-state index in [4.69, 9.17) is 10.0 Å². The summed E-state index contributed by atoms with van der Waals surface area (Å²) < 4.78 is 0.599. The molecule has 0 aliphatic heterocycles. The summed E-state index contributed by atoms with van der Waals surface area (Å²) in [4.78, 5) is 2.17. The van der Waals surface area contributed by atoms with Gasteiger partial charge in [-0.25, -0.2) is 0 Å². The largest absolute Gasteiger partial charge is 0.499 e. The fourth-order valence-corrected chi connectivity index (χ4v) is 2.02. The molecule has 0 unspecified atom stereocenters. The van der Waals surface area contributed by atoms with Crippen LogP contribution >= 0.6 is 11.3 Å². The van der Waals surface area contributed by atoms with E-state index >= 15 is 0 Å². The van der Waals surface area contributed by atoms with Gasteiger partial charge in [-0.05, 0) is 19.9 Å². The zero-order chi connectivity index (χ0) is 9.84. The summed E-state index contributed by atoms with van der Waals surface area (Å²) in [5.41, 5.74) is 1.07. The number of anilines is 1. The number of thiophene rings is 1. The third-order valence-corrected chi connectivity index (χ3v) is 2.95. The molecule has 0 bridgehead atoms. The summed E-state index contributed by atoms with van der Waals surface area (Å²) in [6.07, 6.45) is 0. The first-order valence-corrected chi connectivity index (χ1v) is 5.26. The summed E-state index contributed by atoms with van der Waals surface area (Å²) in [7, 11) is -1.34. The molecule has 0 aliphatic carbocycles. The summed E-state index contributed by atoms with van der Waals surface area (Å²) in [6, 6.07) is 1.82. The van der Waals surface area contributed by atoms with Crippen LogP contribution in [0.1, 0.15) is 13.8 Å². The first kappa shape index (κ1) is 10.6. The zero-order valence-electron chi connectivity index (χ0n) is 7.90. The molecule has 0 aromatic carbocycles. The summed E-state index contributed by atoms with van der Waals surface area (Å²) in [5.74, 6) is 0. The quantitative estimate of drug-likeness (QED) is 0.684. The summed E-state index contributed by atoms with van der Waals surface area (Å²) in [5, 5.41) is 19.8. The van der Waals surface area contributed by atoms with E-state index in [2.05, 4.69) is 18.7 Å². The third-order valence-electron chi connectivity index (χ3n) is 1.99. The SMILES string of the molecule is CCN(CC)c1csc(B(O)O)c1. The van der Waals surface area contributed by atoms with E-state index in [-0.39, 0.29) is 0 Å². The van der Waals surface area contributed by atoms with Crippen molar-refractivity contribution in [2.24, 2.45) is 0 Å². The van der Waals surface area contributed by atoms with Gasteiger partial charge in [-0.3, -0.25) is 0 Å². The molecule has 1 aromatic heterocycles. The highest BCUT2D eigenvalue weighted by molar-refractivity contribution is 7.20. The van der Waals surface area contributed by atoms with Crippen molar-refractivity contribution in [3.8, 4) is 0 Å². The molecule has 3 nitrogen and oxygen atoms in total. The number of hydrogen-bond donors (Lipinski definition) is 2. The van der Waals surface area contributed by atoms with Crippen molar-refractivity contribution in [2.75, 3.05) is 18.0 Å². The van der Waals surface area contributed by atoms with Crippen LogP contribution in [-0.4, -0.2) is 30.3 Å². The van der Waals surface area contributed by atoms with E-state index in [1.54, 1.807) is 0 Å². The van der Waals surface area contributed by atoms with E-state index in [9.17, 15) is 0 Å². The minimum absolute atomic E-state index is 0.599. The Bertz CT molecular complexity index is 260. The van der Waals surface area contributed by atoms with Crippen LogP contribution in [0.3, 0.4) is 0 Å². The Labute approximate surface area is 82.8 Å². The molecule has 2 N–H and O–H groups in total. The molecular weight excluding hydrogens is 185 g/mol. The Morgan fingerprint density at radius 3 is 2.38 bits per heavy atom. The van der Waals surface area contributed by atoms with E-state index in [1.165, 1.54) is 11.3 Å². The Balaban J connectivity index is 2.78. The van der Waals surface area contributed by atoms with Crippen LogP contribution in [0.2, 0.25) is 0 Å². The monoisotopic (exact) mass is 199 g/mol. The Morgan fingerprint density at radius 1 is 1.38 bits per heavy atom. The standard InChI is InChI=1S/C8H14BNO2S/c1-3-10(4-2)7-5-8(9(11)12)13-6-7/h5-6,11-12H,3-4H2,1-2H3. The van der Waals surface area contributed by atoms with Gasteiger partial charge in [0, 0.05) is 28.9 Å². The van der Waals surface area contributed by atoms with E-state index < -0.39 is 7.12 Å². The van der Waals surface area contributed by atoms with Gasteiger partial charge in [0.05, 0.1) is 0 Å². The maximum atomic E-state index is 8.91. The Hall–Kier alpha value is -0.515. The molecule has 0 atom stereocenters. The van der Waals surface area contributed by atoms with Crippen LogP contribution in [0, 0.1) is 0 Å². The molecule has 5 heteroatoms. The van der Waals surface area contributed by atoms with Gasteiger partial charge >= 0.3 is 7.12 Å². The van der Waals surface area contributed by atoms with Crippen molar-refractivity contribution in [1.29, 1.82) is 0 Å². The number of rotatable bonds is 4. The smallest absolute Gasteiger partial charge is 0.423 e. The minimum atomic E-state index is -1.34. The average Bonchev–Trinajstić information content (AvgIpc) is 2.56. The number of hydrogen-bond acceptors (Lipinski definition) is 4. The first-order valence-electron chi connectivity index (χ1n) is 4.38. The van der Waals surface area contributed by atoms with Gasteiger partial charge in [-0.15, -0.1) is 0 Å². The fourth-order valence-electron chi connectivity index (χ4n) is 1.23. The van der Waals surface area contributed by atoms with Gasteiger partial charge in [-0.2, -0.15) is 11.3 Å². The van der Waals surface area contributed by atoms with Crippen LogP contribution in [0.25, 0.3) is 0 Å². The molecule has 72 valence electrons. The lowest BCUT2D eigenvalue weighted by Gasteiger charge is -2.18. The lowest BCUT2D eigenvalue weighted by Crippen LogP contribution is -2.27. The average molecular weight is 199 g/mol. The maximum absolute atomic E-state index is 8.91. The second-order valence-electron chi connectivity index (χ2n) is 2.75. The molecule has 13 heavy (non-hydrogen) atoms. The molecule has 1 rings (SSSR count). The molecule has 1 heterocycles. The van der Waals surface area contributed by atoms with Crippen molar-refractivity contribution < 1.29 is 10.0 Å². The highest BCUT2D eigenvalue weighted by Gasteiger charge is 2.15. The van der Waals surface area contributed by atoms with Crippen molar-refractivity contribution in [2.45, 2.75) is 13.8 Å². The van der Waals surface area contributed by atoms with Crippen LogP contribution in [0.15, 0.2) is 11.4 Å². The van der Waals surface area contributed by atoms with Gasteiger partial charge in [-0.1, -0.05) is 0 Å². The highest BCUT2D eigenvalue weighted by atomic mass is 32.1. The normalized spacial score (nSPS) is 10.2. The first-order chi connectivity index (χ1) is 6.19. The van der Waals surface area contributed by atoms with E-state index in [1.807, 2.05) is 11.4 Å². The molecular formula is C8H14BNO2S. The maximum Gasteiger partial charge on any atom is 0.499 e. The Kier molecular flexibility index (Phi) is 3.78. The third kappa shape index (κ3) is 2.46. The highest BCUT2D eigenvalue weighted by Crippen LogP contribution is 2.16. The zero-order valence-corrected chi connectivity index (χ0v) is 8.71. The lowest BCUT2D eigenvalue weighted by atomic mass is 9.89. The van der Waals surface area contributed by atoms with Gasteiger partial charge in [0.1, 0.15) is 0 Å². The van der Waals surface area contributed by atoms with Crippen molar-refractivity contribution in [3.63, 3.8) is 0 Å².